The molecule has 184 valence electrons. The molecule has 1 amide bonds. The van der Waals surface area contributed by atoms with Gasteiger partial charge in [0.1, 0.15) is 5.69 Å². The summed E-state index contributed by atoms with van der Waals surface area (Å²) < 4.78 is 20.6. The van der Waals surface area contributed by atoms with Crippen molar-refractivity contribution in [3.63, 3.8) is 0 Å². The van der Waals surface area contributed by atoms with Gasteiger partial charge in [0.15, 0.2) is 11.5 Å². The number of carbonyl (C=O) groups excluding carboxylic acids is 3. The fourth-order valence-corrected chi connectivity index (χ4v) is 4.62. The first-order valence-electron chi connectivity index (χ1n) is 10.9. The lowest BCUT2D eigenvalue weighted by molar-refractivity contribution is -0.115. The highest BCUT2D eigenvalue weighted by Gasteiger charge is 2.37. The average molecular weight is 482 g/mol. The minimum atomic E-state index is -0.506. The molecule has 3 heterocycles. The second-order valence-electron chi connectivity index (χ2n) is 8.14. The number of rotatable bonds is 5. The molecule has 2 aromatic heterocycles. The molecule has 2 aliphatic rings. The second-order valence-corrected chi connectivity index (χ2v) is 8.14. The van der Waals surface area contributed by atoms with E-state index in [-0.39, 0.29) is 17.4 Å². The number of aromatic amines is 2. The van der Waals surface area contributed by atoms with Crippen molar-refractivity contribution in [3.8, 4) is 17.2 Å². The number of aromatic nitrogens is 2. The number of nitrogens with zero attached hydrogens (tertiary/aromatic N) is 1. The smallest absolute Gasteiger partial charge is 0.354 e. The van der Waals surface area contributed by atoms with Crippen LogP contribution in [0.5, 0.6) is 17.2 Å². The minimum Gasteiger partial charge on any atom is -0.493 e. The van der Waals surface area contributed by atoms with Gasteiger partial charge in [0.2, 0.25) is 17.9 Å². The number of allylic oxidation sites excluding steroid dienone is 2. The zero-order chi connectivity index (χ0) is 25.3. The van der Waals surface area contributed by atoms with Crippen molar-refractivity contribution in [2.45, 2.75) is 19.3 Å². The number of aryl methyl sites for hydroxylation is 1. The first-order chi connectivity index (χ1) is 16.9. The molecule has 0 spiro atoms. The molecule has 10 nitrogen and oxygen atoms in total. The Morgan fingerprint density at radius 3 is 2.43 bits per heavy atom. The van der Waals surface area contributed by atoms with Crippen molar-refractivity contribution in [2.24, 2.45) is 0 Å². The van der Waals surface area contributed by atoms with Crippen molar-refractivity contribution < 1.29 is 33.3 Å². The number of benzene rings is 1. The van der Waals surface area contributed by atoms with E-state index >= 15 is 0 Å². The van der Waals surface area contributed by atoms with Gasteiger partial charge < -0.3 is 33.8 Å². The molecule has 0 radical (unpaired) electrons. The molecule has 1 aromatic carbocycles. The van der Waals surface area contributed by atoms with Gasteiger partial charge in [0.25, 0.3) is 0 Å². The van der Waals surface area contributed by atoms with E-state index in [0.717, 1.165) is 35.0 Å². The highest BCUT2D eigenvalue weighted by atomic mass is 16.5. The molecule has 1 atom stereocenters. The van der Waals surface area contributed by atoms with Crippen LogP contribution in [0.3, 0.4) is 0 Å². The molecule has 1 fully saturated rings. The van der Waals surface area contributed by atoms with Crippen LogP contribution in [0.2, 0.25) is 0 Å². The van der Waals surface area contributed by atoms with Gasteiger partial charge in [-0.05, 0) is 37.1 Å². The predicted molar refractivity (Wildman–Crippen MR) is 127 cm³/mol. The highest BCUT2D eigenvalue weighted by molar-refractivity contribution is 6.08. The molecular formula is C25H27N3O7. The number of hydrogen-bond acceptors (Lipinski definition) is 7. The molecule has 1 aliphatic carbocycles. The lowest BCUT2D eigenvalue weighted by atomic mass is 9.89. The molecule has 0 bridgehead atoms. The summed E-state index contributed by atoms with van der Waals surface area (Å²) in [6.07, 6.45) is 2.95. The molecule has 1 aliphatic heterocycles. The van der Waals surface area contributed by atoms with Crippen molar-refractivity contribution in [2.75, 3.05) is 35.0 Å². The maximum atomic E-state index is 12.0. The standard InChI is InChI=1S/C13H12N2O4.C12H15NO3/c1-19-13(18)9-4-8-7-2-3-15(6-16)10(7)5-11(17)12(8)14-9;1-7-5-8-6-9(14-2)11(15-3)12(16-4)10(8)13-7/h4-7,14H,2-3H2,1H3;5-6,13H,1-4H3. The first kappa shape index (κ1) is 23.9. The normalized spacial score (nSPS) is 16.0. The van der Waals surface area contributed by atoms with Crippen LogP contribution in [0.4, 0.5) is 0 Å². The third-order valence-electron chi connectivity index (χ3n) is 6.18. The Labute approximate surface area is 201 Å². The molecule has 0 saturated carbocycles. The van der Waals surface area contributed by atoms with Crippen LogP contribution in [-0.2, 0) is 9.53 Å². The van der Waals surface area contributed by atoms with Crippen LogP contribution in [0.1, 0.15) is 44.6 Å². The quantitative estimate of drug-likeness (QED) is 0.423. The van der Waals surface area contributed by atoms with E-state index in [4.69, 9.17) is 14.2 Å². The molecule has 3 aromatic rings. The van der Waals surface area contributed by atoms with Gasteiger partial charge in [-0.15, -0.1) is 0 Å². The molecule has 35 heavy (non-hydrogen) atoms. The van der Waals surface area contributed by atoms with E-state index in [1.54, 1.807) is 27.4 Å². The van der Waals surface area contributed by atoms with Crippen molar-refractivity contribution in [3.05, 3.63) is 52.6 Å². The van der Waals surface area contributed by atoms with Crippen LogP contribution in [0.25, 0.3) is 10.9 Å². The zero-order valence-electron chi connectivity index (χ0n) is 20.2. The third kappa shape index (κ3) is 4.11. The van der Waals surface area contributed by atoms with Gasteiger partial charge in [0, 0.05) is 35.3 Å². The van der Waals surface area contributed by atoms with Gasteiger partial charge in [-0.1, -0.05) is 0 Å². The van der Waals surface area contributed by atoms with Gasteiger partial charge in [-0.3, -0.25) is 9.59 Å². The fourth-order valence-electron chi connectivity index (χ4n) is 4.62. The van der Waals surface area contributed by atoms with Crippen molar-refractivity contribution in [1.29, 1.82) is 0 Å². The Balaban J connectivity index is 0.000000168. The molecule has 10 heteroatoms. The summed E-state index contributed by atoms with van der Waals surface area (Å²) in [5, 5.41) is 1.05. The Morgan fingerprint density at radius 1 is 1.06 bits per heavy atom. The third-order valence-corrected chi connectivity index (χ3v) is 6.18. The lowest BCUT2D eigenvalue weighted by Gasteiger charge is -2.19. The molecular weight excluding hydrogens is 454 g/mol. The maximum Gasteiger partial charge on any atom is 0.354 e. The van der Waals surface area contributed by atoms with E-state index in [9.17, 15) is 14.4 Å². The Kier molecular flexibility index (Phi) is 6.54. The van der Waals surface area contributed by atoms with Crippen LogP contribution in [0, 0.1) is 6.92 Å². The molecule has 1 unspecified atom stereocenters. The summed E-state index contributed by atoms with van der Waals surface area (Å²) in [5.41, 5.74) is 4.17. The summed E-state index contributed by atoms with van der Waals surface area (Å²) >= 11 is 0. The van der Waals surface area contributed by atoms with E-state index in [1.165, 1.54) is 18.1 Å². The largest absolute Gasteiger partial charge is 0.493 e. The summed E-state index contributed by atoms with van der Waals surface area (Å²) in [5.74, 6) is 1.22. The van der Waals surface area contributed by atoms with Gasteiger partial charge in [-0.25, -0.2) is 4.79 Å². The van der Waals surface area contributed by atoms with Crippen LogP contribution in [-0.4, -0.2) is 68.0 Å². The number of ketones is 1. The number of methoxy groups -OCH3 is 4. The molecule has 1 saturated heterocycles. The highest BCUT2D eigenvalue weighted by Crippen LogP contribution is 2.43. The Bertz CT molecular complexity index is 1330. The molecule has 5 rings (SSSR count). The average Bonchev–Trinajstić information content (AvgIpc) is 3.58. The number of likely N-dealkylation sites (tertiary alicyclic amines) is 1. The Hall–Kier alpha value is -4.21. The summed E-state index contributed by atoms with van der Waals surface area (Å²) in [7, 11) is 6.12. The maximum absolute atomic E-state index is 12.0. The number of H-pyrrole nitrogens is 2. The lowest BCUT2D eigenvalue weighted by Crippen LogP contribution is -2.20. The monoisotopic (exact) mass is 481 g/mol. The minimum absolute atomic E-state index is 0.00689. The number of esters is 1. The van der Waals surface area contributed by atoms with Crippen LogP contribution < -0.4 is 14.2 Å². The predicted octanol–water partition coefficient (Wildman–Crippen LogP) is 3.33. The van der Waals surface area contributed by atoms with Crippen molar-refractivity contribution in [1.82, 2.24) is 14.9 Å². The zero-order valence-corrected chi connectivity index (χ0v) is 20.2. The van der Waals surface area contributed by atoms with Crippen LogP contribution in [0.15, 0.2) is 30.0 Å². The van der Waals surface area contributed by atoms with E-state index < -0.39 is 5.97 Å². The summed E-state index contributed by atoms with van der Waals surface area (Å²) in [4.78, 5) is 42.0. The first-order valence-corrected chi connectivity index (χ1v) is 10.9. The van der Waals surface area contributed by atoms with Gasteiger partial charge in [-0.2, -0.15) is 0 Å². The number of ether oxygens (including phenoxy) is 4. The summed E-state index contributed by atoms with van der Waals surface area (Å²) in [6, 6.07) is 5.62. The fraction of sp³-hybridized carbons (Fsp3) is 0.320. The SMILES string of the molecule is COC(=O)c1cc2c([nH]1)C(=O)C=C1C2CCN1C=O.COc1cc2cc(C)[nH]c2c(OC)c1OC. The second kappa shape index (κ2) is 9.57. The van der Waals surface area contributed by atoms with Crippen LogP contribution >= 0.6 is 0 Å². The van der Waals surface area contributed by atoms with Gasteiger partial charge in [0.05, 0.1) is 39.6 Å². The topological polar surface area (TPSA) is 123 Å². The number of nitrogens with one attached hydrogen (secondary N) is 2. The van der Waals surface area contributed by atoms with E-state index in [1.807, 2.05) is 19.1 Å². The summed E-state index contributed by atoms with van der Waals surface area (Å²) in [6.45, 7) is 2.59. The number of hydrogen-bond donors (Lipinski definition) is 2. The van der Waals surface area contributed by atoms with Gasteiger partial charge >= 0.3 is 5.97 Å². The number of fused-ring (bicyclic) bond motifs is 4. The number of amides is 1. The number of carbonyl (C=O) groups is 3. The van der Waals surface area contributed by atoms with E-state index in [0.29, 0.717) is 35.2 Å². The van der Waals surface area contributed by atoms with Crippen molar-refractivity contribution >= 4 is 29.1 Å². The Morgan fingerprint density at radius 2 is 1.80 bits per heavy atom. The van der Waals surface area contributed by atoms with E-state index in [2.05, 4.69) is 14.7 Å². The molecule has 2 N–H and O–H groups in total.